The number of hydrogen-bond donors (Lipinski definition) is 2. The van der Waals surface area contributed by atoms with Crippen molar-refractivity contribution in [3.8, 4) is 11.1 Å². The van der Waals surface area contributed by atoms with E-state index in [1.54, 1.807) is 0 Å². The minimum Gasteiger partial charge on any atom is -0.326 e. The highest BCUT2D eigenvalue weighted by Gasteiger charge is 2.01. The second-order valence-corrected chi connectivity index (χ2v) is 3.69. The zero-order valence-electron chi connectivity index (χ0n) is 9.11. The van der Waals surface area contributed by atoms with Crippen molar-refractivity contribution >= 4 is 0 Å². The quantitative estimate of drug-likeness (QED) is 0.816. The Bertz CT molecular complexity index is 441. The third-order valence-corrected chi connectivity index (χ3v) is 2.53. The molecule has 0 spiro atoms. The van der Waals surface area contributed by atoms with Gasteiger partial charge < -0.3 is 11.5 Å². The van der Waals surface area contributed by atoms with Crippen molar-refractivity contribution in [1.82, 2.24) is 0 Å². The fraction of sp³-hybridized carbons (Fsp3) is 0.143. The topological polar surface area (TPSA) is 52.0 Å². The molecular formula is C14H15N2. The summed E-state index contributed by atoms with van der Waals surface area (Å²) in [6.45, 7) is 0.987. The fourth-order valence-electron chi connectivity index (χ4n) is 1.71. The molecule has 16 heavy (non-hydrogen) atoms. The zero-order chi connectivity index (χ0) is 11.4. The van der Waals surface area contributed by atoms with Gasteiger partial charge in [0.05, 0.1) is 0 Å². The summed E-state index contributed by atoms with van der Waals surface area (Å²) < 4.78 is 0. The average molecular weight is 211 g/mol. The smallest absolute Gasteiger partial charge is 0.0184 e. The second kappa shape index (κ2) is 4.92. The summed E-state index contributed by atoms with van der Waals surface area (Å²) in [6.07, 6.45) is 0. The number of rotatable bonds is 3. The first-order chi connectivity index (χ1) is 7.83. The molecule has 0 aliphatic rings. The Labute approximate surface area is 95.9 Å². The van der Waals surface area contributed by atoms with E-state index in [0.29, 0.717) is 13.1 Å². The van der Waals surface area contributed by atoms with Gasteiger partial charge in [-0.25, -0.2) is 0 Å². The van der Waals surface area contributed by atoms with Crippen LogP contribution in [0.3, 0.4) is 0 Å². The van der Waals surface area contributed by atoms with Gasteiger partial charge in [-0.15, -0.1) is 0 Å². The van der Waals surface area contributed by atoms with E-state index in [2.05, 4.69) is 30.3 Å². The van der Waals surface area contributed by atoms with Crippen molar-refractivity contribution in [2.75, 3.05) is 0 Å². The van der Waals surface area contributed by atoms with Crippen LogP contribution < -0.4 is 11.5 Å². The van der Waals surface area contributed by atoms with Gasteiger partial charge in [0.15, 0.2) is 0 Å². The number of hydrogen-bond acceptors (Lipinski definition) is 2. The molecule has 81 valence electrons. The van der Waals surface area contributed by atoms with Gasteiger partial charge >= 0.3 is 0 Å². The van der Waals surface area contributed by atoms with Gasteiger partial charge in [-0.2, -0.15) is 0 Å². The third-order valence-electron chi connectivity index (χ3n) is 2.53. The van der Waals surface area contributed by atoms with Gasteiger partial charge in [-0.05, 0) is 40.5 Å². The van der Waals surface area contributed by atoms with Crippen LogP contribution in [0.1, 0.15) is 11.1 Å². The van der Waals surface area contributed by atoms with E-state index < -0.39 is 0 Å². The van der Waals surface area contributed by atoms with Gasteiger partial charge in [-0.1, -0.05) is 30.3 Å². The third kappa shape index (κ3) is 2.30. The lowest BCUT2D eigenvalue weighted by Gasteiger charge is -2.07. The average Bonchev–Trinajstić information content (AvgIpc) is 2.39. The van der Waals surface area contributed by atoms with Crippen molar-refractivity contribution in [3.63, 3.8) is 0 Å². The molecule has 0 fully saturated rings. The Morgan fingerprint density at radius 2 is 1.38 bits per heavy atom. The molecule has 0 aromatic heterocycles. The summed E-state index contributed by atoms with van der Waals surface area (Å²) >= 11 is 0. The van der Waals surface area contributed by atoms with Crippen LogP contribution in [0.25, 0.3) is 11.1 Å². The molecule has 2 rings (SSSR count). The lowest BCUT2D eigenvalue weighted by atomic mass is 10.00. The van der Waals surface area contributed by atoms with Crippen molar-refractivity contribution in [3.05, 3.63) is 59.7 Å². The lowest BCUT2D eigenvalue weighted by molar-refractivity contribution is 1.02. The molecule has 0 bridgehead atoms. The van der Waals surface area contributed by atoms with Crippen LogP contribution >= 0.6 is 0 Å². The molecule has 2 nitrogen and oxygen atoms in total. The Hall–Kier alpha value is -1.64. The molecule has 0 atom stereocenters. The summed E-state index contributed by atoms with van der Waals surface area (Å²) in [6, 6.07) is 17.5. The molecule has 4 N–H and O–H groups in total. The van der Waals surface area contributed by atoms with E-state index in [0.717, 1.165) is 16.7 Å². The maximum absolute atomic E-state index is 5.65. The monoisotopic (exact) mass is 211 g/mol. The van der Waals surface area contributed by atoms with Gasteiger partial charge in [0.2, 0.25) is 0 Å². The molecule has 2 heteroatoms. The molecule has 0 unspecified atom stereocenters. The fourth-order valence-corrected chi connectivity index (χ4v) is 1.71. The maximum atomic E-state index is 5.65. The first kappa shape index (κ1) is 10.9. The van der Waals surface area contributed by atoms with E-state index in [4.69, 9.17) is 11.5 Å². The van der Waals surface area contributed by atoms with E-state index in [9.17, 15) is 0 Å². The number of benzene rings is 2. The number of nitrogens with two attached hydrogens (primary N) is 2. The van der Waals surface area contributed by atoms with Gasteiger partial charge in [0, 0.05) is 13.1 Å². The van der Waals surface area contributed by atoms with Gasteiger partial charge in [0.25, 0.3) is 0 Å². The second-order valence-electron chi connectivity index (χ2n) is 3.69. The van der Waals surface area contributed by atoms with Crippen LogP contribution in [-0.2, 0) is 13.1 Å². The lowest BCUT2D eigenvalue weighted by Crippen LogP contribution is -2.02. The van der Waals surface area contributed by atoms with Gasteiger partial charge in [-0.3, -0.25) is 0 Å². The summed E-state index contributed by atoms with van der Waals surface area (Å²) in [5, 5.41) is 0. The van der Waals surface area contributed by atoms with Crippen LogP contribution in [0.2, 0.25) is 0 Å². The van der Waals surface area contributed by atoms with E-state index in [1.807, 2.05) is 18.2 Å². The van der Waals surface area contributed by atoms with Crippen LogP contribution in [0.4, 0.5) is 0 Å². The molecule has 0 saturated carbocycles. The summed E-state index contributed by atoms with van der Waals surface area (Å²) in [7, 11) is 0. The van der Waals surface area contributed by atoms with Gasteiger partial charge in [0.1, 0.15) is 0 Å². The standard InChI is InChI=1S/C14H15N2/c15-9-11-6-12(10-16)8-14(7-11)13-4-2-1-3-5-13/h1-5,7-8H,9-10,15-16H2. The summed E-state index contributed by atoms with van der Waals surface area (Å²) in [4.78, 5) is 0. The van der Waals surface area contributed by atoms with Crippen LogP contribution in [0.15, 0.2) is 42.5 Å². The zero-order valence-corrected chi connectivity index (χ0v) is 9.11. The molecule has 0 saturated heterocycles. The molecule has 0 amide bonds. The maximum Gasteiger partial charge on any atom is 0.0184 e. The first-order valence-electron chi connectivity index (χ1n) is 5.34. The minimum atomic E-state index is 0.494. The SMILES string of the molecule is NCc1[c]c(CN)cc(-c2ccccc2)c1. The van der Waals surface area contributed by atoms with Crippen molar-refractivity contribution in [2.45, 2.75) is 13.1 Å². The summed E-state index contributed by atoms with van der Waals surface area (Å²) in [5.41, 5.74) is 15.6. The predicted molar refractivity (Wildman–Crippen MR) is 66.5 cm³/mol. The van der Waals surface area contributed by atoms with Crippen molar-refractivity contribution in [2.24, 2.45) is 11.5 Å². The molecule has 2 aromatic carbocycles. The van der Waals surface area contributed by atoms with Crippen LogP contribution in [0.5, 0.6) is 0 Å². The Kier molecular flexibility index (Phi) is 3.34. The molecular weight excluding hydrogens is 196 g/mol. The molecule has 1 radical (unpaired) electrons. The molecule has 0 heterocycles. The highest BCUT2D eigenvalue weighted by molar-refractivity contribution is 5.64. The Morgan fingerprint density at radius 3 is 1.88 bits per heavy atom. The normalized spacial score (nSPS) is 10.4. The Morgan fingerprint density at radius 1 is 0.812 bits per heavy atom. The highest BCUT2D eigenvalue weighted by atomic mass is 14.5. The van der Waals surface area contributed by atoms with E-state index in [-0.39, 0.29) is 0 Å². The molecule has 2 aromatic rings. The summed E-state index contributed by atoms with van der Waals surface area (Å²) in [5.74, 6) is 0. The first-order valence-corrected chi connectivity index (χ1v) is 5.34. The molecule has 0 aliphatic heterocycles. The highest BCUT2D eigenvalue weighted by Crippen LogP contribution is 2.21. The van der Waals surface area contributed by atoms with Crippen LogP contribution in [-0.4, -0.2) is 0 Å². The van der Waals surface area contributed by atoms with Crippen molar-refractivity contribution in [1.29, 1.82) is 0 Å². The van der Waals surface area contributed by atoms with Crippen LogP contribution in [0, 0.1) is 6.07 Å². The van der Waals surface area contributed by atoms with E-state index >= 15 is 0 Å². The van der Waals surface area contributed by atoms with Crippen molar-refractivity contribution < 1.29 is 0 Å². The minimum absolute atomic E-state index is 0.494. The largest absolute Gasteiger partial charge is 0.326 e. The predicted octanol–water partition coefficient (Wildman–Crippen LogP) is 2.07. The van der Waals surface area contributed by atoms with E-state index in [1.165, 1.54) is 5.56 Å². The Balaban J connectivity index is 2.48. The molecule has 0 aliphatic carbocycles.